The van der Waals surface area contributed by atoms with Crippen LogP contribution >= 0.6 is 11.6 Å². The van der Waals surface area contributed by atoms with Gasteiger partial charge in [-0.1, -0.05) is 36.7 Å². The summed E-state index contributed by atoms with van der Waals surface area (Å²) in [5.74, 6) is 0.691. The molecule has 1 aliphatic carbocycles. The van der Waals surface area contributed by atoms with Crippen molar-refractivity contribution in [3.8, 4) is 11.5 Å². The van der Waals surface area contributed by atoms with E-state index in [1.165, 1.54) is 0 Å². The molecule has 162 valence electrons. The number of rotatable bonds is 5. The number of hydrogen-bond acceptors (Lipinski definition) is 4. The van der Waals surface area contributed by atoms with Crippen LogP contribution in [-0.4, -0.2) is 34.8 Å². The largest absolute Gasteiger partial charge is 0.455 e. The Hall–Kier alpha value is -3.06. The van der Waals surface area contributed by atoms with E-state index in [9.17, 15) is 14.4 Å². The van der Waals surface area contributed by atoms with Crippen LogP contribution in [0.15, 0.2) is 48.5 Å². The zero-order valence-corrected chi connectivity index (χ0v) is 17.9. The van der Waals surface area contributed by atoms with Gasteiger partial charge in [-0.3, -0.25) is 14.5 Å². The molecule has 2 fully saturated rings. The van der Waals surface area contributed by atoms with E-state index in [4.69, 9.17) is 16.3 Å². The van der Waals surface area contributed by atoms with Crippen molar-refractivity contribution >= 4 is 35.1 Å². The molecule has 1 heterocycles. The van der Waals surface area contributed by atoms with Crippen LogP contribution in [-0.2, 0) is 9.59 Å². The molecule has 2 aromatic carbocycles. The van der Waals surface area contributed by atoms with Crippen molar-refractivity contribution in [2.24, 2.45) is 5.92 Å². The highest BCUT2D eigenvalue weighted by molar-refractivity contribution is 6.31. The maximum Gasteiger partial charge on any atom is 0.325 e. The van der Waals surface area contributed by atoms with Crippen LogP contribution in [0.5, 0.6) is 11.5 Å². The second-order valence-electron chi connectivity index (χ2n) is 8.19. The fourth-order valence-corrected chi connectivity index (χ4v) is 4.22. The highest BCUT2D eigenvalue weighted by Gasteiger charge is 2.52. The van der Waals surface area contributed by atoms with Crippen molar-refractivity contribution < 1.29 is 19.1 Å². The second kappa shape index (κ2) is 8.59. The predicted octanol–water partition coefficient (Wildman–Crippen LogP) is 4.57. The van der Waals surface area contributed by atoms with E-state index in [0.717, 1.165) is 17.7 Å². The summed E-state index contributed by atoms with van der Waals surface area (Å²) in [4.78, 5) is 39.1. The van der Waals surface area contributed by atoms with Crippen LogP contribution in [0.1, 0.15) is 32.6 Å². The van der Waals surface area contributed by atoms with E-state index in [1.807, 2.05) is 18.2 Å². The van der Waals surface area contributed by atoms with Gasteiger partial charge in [0, 0.05) is 5.02 Å². The highest BCUT2D eigenvalue weighted by Crippen LogP contribution is 2.36. The third-order valence-electron chi connectivity index (χ3n) is 5.86. The Bertz CT molecular complexity index is 1000. The van der Waals surface area contributed by atoms with Crippen LogP contribution in [0.3, 0.4) is 0 Å². The van der Waals surface area contributed by atoms with Crippen molar-refractivity contribution in [3.63, 3.8) is 0 Å². The van der Waals surface area contributed by atoms with E-state index in [0.29, 0.717) is 41.0 Å². The summed E-state index contributed by atoms with van der Waals surface area (Å²) in [6.45, 7) is 1.76. The smallest absolute Gasteiger partial charge is 0.325 e. The maximum atomic E-state index is 13.0. The number of para-hydroxylation sites is 1. The second-order valence-corrected chi connectivity index (χ2v) is 8.63. The van der Waals surface area contributed by atoms with Gasteiger partial charge in [0.2, 0.25) is 5.91 Å². The van der Waals surface area contributed by atoms with Gasteiger partial charge in [-0.05, 0) is 61.9 Å². The maximum absolute atomic E-state index is 13.0. The van der Waals surface area contributed by atoms with E-state index < -0.39 is 17.5 Å². The lowest BCUT2D eigenvalue weighted by atomic mass is 9.77. The number of carbonyl (C=O) groups excluding carboxylic acids is 3. The van der Waals surface area contributed by atoms with Gasteiger partial charge in [-0.25, -0.2) is 4.79 Å². The number of anilines is 1. The van der Waals surface area contributed by atoms with Gasteiger partial charge >= 0.3 is 6.03 Å². The summed E-state index contributed by atoms with van der Waals surface area (Å²) in [6, 6.07) is 13.5. The highest BCUT2D eigenvalue weighted by atomic mass is 35.5. The van der Waals surface area contributed by atoms with E-state index in [2.05, 4.69) is 17.6 Å². The average Bonchev–Trinajstić information content (AvgIpc) is 2.97. The molecule has 4 rings (SSSR count). The molecule has 1 saturated carbocycles. The molecule has 0 unspecified atom stereocenters. The quantitative estimate of drug-likeness (QED) is 0.665. The molecule has 8 heteroatoms. The summed E-state index contributed by atoms with van der Waals surface area (Å²) in [5.41, 5.74) is -0.517. The number of halogens is 1. The Morgan fingerprint density at radius 2 is 1.90 bits per heavy atom. The molecule has 1 aliphatic heterocycles. The molecular weight excluding hydrogens is 418 g/mol. The van der Waals surface area contributed by atoms with E-state index in [-0.39, 0.29) is 12.5 Å². The minimum atomic E-state index is -0.874. The molecular formula is C23H24ClN3O4. The first kappa shape index (κ1) is 21.2. The first-order valence-electron chi connectivity index (χ1n) is 10.3. The van der Waals surface area contributed by atoms with Gasteiger partial charge in [-0.2, -0.15) is 0 Å². The van der Waals surface area contributed by atoms with Crippen molar-refractivity contribution in [1.82, 2.24) is 10.2 Å². The molecule has 2 N–H and O–H groups in total. The molecule has 0 atom stereocenters. The van der Waals surface area contributed by atoms with Crippen LogP contribution in [0.25, 0.3) is 0 Å². The Balaban J connectivity index is 1.46. The molecule has 0 aromatic heterocycles. The summed E-state index contributed by atoms with van der Waals surface area (Å²) >= 11 is 6.09. The topological polar surface area (TPSA) is 87.7 Å². The molecule has 0 bridgehead atoms. The standard InChI is InChI=1S/C23H24ClN3O4/c1-15-9-11-23(12-10-15)21(29)27(22(30)26-23)14-20(28)25-18-13-16(24)7-8-19(18)31-17-5-3-2-4-6-17/h2-8,13,15H,9-12,14H2,1H3,(H,25,28)(H,26,30). The van der Waals surface area contributed by atoms with Crippen molar-refractivity contribution in [2.45, 2.75) is 38.1 Å². The summed E-state index contributed by atoms with van der Waals surface area (Å²) in [5, 5.41) is 5.96. The number of nitrogens with zero attached hydrogens (tertiary/aromatic N) is 1. The number of nitrogens with one attached hydrogen (secondary N) is 2. The lowest BCUT2D eigenvalue weighted by Crippen LogP contribution is -2.49. The first-order valence-corrected chi connectivity index (χ1v) is 10.7. The molecule has 2 aromatic rings. The lowest BCUT2D eigenvalue weighted by molar-refractivity contribution is -0.135. The fraction of sp³-hybridized carbons (Fsp3) is 0.348. The average molecular weight is 442 g/mol. The van der Waals surface area contributed by atoms with Crippen molar-refractivity contribution in [3.05, 3.63) is 53.6 Å². The fourth-order valence-electron chi connectivity index (χ4n) is 4.05. The van der Waals surface area contributed by atoms with E-state index >= 15 is 0 Å². The molecule has 7 nitrogen and oxygen atoms in total. The Kier molecular flexibility index (Phi) is 5.87. The Morgan fingerprint density at radius 1 is 1.19 bits per heavy atom. The van der Waals surface area contributed by atoms with Gasteiger partial charge in [-0.15, -0.1) is 0 Å². The van der Waals surface area contributed by atoms with Crippen LogP contribution in [0, 0.1) is 5.92 Å². The number of carbonyl (C=O) groups is 3. The Labute approximate surface area is 185 Å². The van der Waals surface area contributed by atoms with Crippen molar-refractivity contribution in [2.75, 3.05) is 11.9 Å². The number of amides is 4. The number of benzene rings is 2. The molecule has 1 spiro atoms. The molecule has 4 amide bonds. The van der Waals surface area contributed by atoms with E-state index in [1.54, 1.807) is 30.3 Å². The normalized spacial score (nSPS) is 23.0. The van der Waals surface area contributed by atoms with Crippen LogP contribution in [0.2, 0.25) is 5.02 Å². The minimum absolute atomic E-state index is 0.327. The Morgan fingerprint density at radius 3 is 2.61 bits per heavy atom. The van der Waals surface area contributed by atoms with Gasteiger partial charge in [0.1, 0.15) is 17.8 Å². The number of urea groups is 1. The number of hydrogen-bond donors (Lipinski definition) is 2. The third kappa shape index (κ3) is 4.51. The number of imide groups is 1. The lowest BCUT2D eigenvalue weighted by Gasteiger charge is -2.33. The zero-order chi connectivity index (χ0) is 22.0. The SMILES string of the molecule is CC1CCC2(CC1)NC(=O)N(CC(=O)Nc1cc(Cl)ccc1Oc1ccccc1)C2=O. The van der Waals surface area contributed by atoms with Gasteiger partial charge in [0.25, 0.3) is 5.91 Å². The van der Waals surface area contributed by atoms with Crippen LogP contribution in [0.4, 0.5) is 10.5 Å². The van der Waals surface area contributed by atoms with Gasteiger partial charge < -0.3 is 15.4 Å². The molecule has 2 aliphatic rings. The monoisotopic (exact) mass is 441 g/mol. The van der Waals surface area contributed by atoms with Crippen molar-refractivity contribution in [1.29, 1.82) is 0 Å². The summed E-state index contributed by atoms with van der Waals surface area (Å²) < 4.78 is 5.84. The third-order valence-corrected chi connectivity index (χ3v) is 6.10. The molecule has 1 saturated heterocycles. The van der Waals surface area contributed by atoms with Gasteiger partial charge in [0.05, 0.1) is 5.69 Å². The number of ether oxygens (including phenoxy) is 1. The first-order chi connectivity index (χ1) is 14.9. The predicted molar refractivity (Wildman–Crippen MR) is 117 cm³/mol. The zero-order valence-electron chi connectivity index (χ0n) is 17.2. The molecule has 31 heavy (non-hydrogen) atoms. The van der Waals surface area contributed by atoms with Crippen LogP contribution < -0.4 is 15.4 Å². The minimum Gasteiger partial charge on any atom is -0.455 e. The summed E-state index contributed by atoms with van der Waals surface area (Å²) in [7, 11) is 0. The summed E-state index contributed by atoms with van der Waals surface area (Å²) in [6.07, 6.45) is 2.93. The van der Waals surface area contributed by atoms with Gasteiger partial charge in [0.15, 0.2) is 5.75 Å². The molecule has 0 radical (unpaired) electrons.